The van der Waals surface area contributed by atoms with Crippen molar-refractivity contribution < 1.29 is 9.21 Å². The van der Waals surface area contributed by atoms with Crippen LogP contribution in [0.3, 0.4) is 0 Å². The summed E-state index contributed by atoms with van der Waals surface area (Å²) in [6.07, 6.45) is 2.01. The molecule has 1 aromatic carbocycles. The Kier molecular flexibility index (Phi) is 5.85. The number of nitrogens with zero attached hydrogens (tertiary/aromatic N) is 1. The summed E-state index contributed by atoms with van der Waals surface area (Å²) >= 11 is 0. The summed E-state index contributed by atoms with van der Waals surface area (Å²) in [5.41, 5.74) is 2.29. The van der Waals surface area contributed by atoms with Crippen molar-refractivity contribution in [1.29, 1.82) is 0 Å². The van der Waals surface area contributed by atoms with Gasteiger partial charge in [0.25, 0.3) is 5.91 Å². The first kappa shape index (κ1) is 17.6. The van der Waals surface area contributed by atoms with E-state index in [-0.39, 0.29) is 24.4 Å². The molecule has 2 aromatic rings. The molecule has 3 rings (SSSR count). The number of hydrogen-bond acceptors (Lipinski definition) is 3. The third kappa shape index (κ3) is 3.77. The van der Waals surface area contributed by atoms with Crippen molar-refractivity contribution in [2.45, 2.75) is 25.8 Å². The van der Waals surface area contributed by atoms with Crippen LogP contribution >= 0.6 is 12.4 Å². The van der Waals surface area contributed by atoms with Gasteiger partial charge in [-0.15, -0.1) is 12.4 Å². The molecule has 1 saturated heterocycles. The summed E-state index contributed by atoms with van der Waals surface area (Å²) < 4.78 is 5.77. The highest BCUT2D eigenvalue weighted by molar-refractivity contribution is 5.92. The minimum atomic E-state index is -0.0508. The zero-order valence-electron chi connectivity index (χ0n) is 13.5. The molecule has 0 radical (unpaired) electrons. The van der Waals surface area contributed by atoms with E-state index in [9.17, 15) is 4.79 Å². The molecular formula is C18H23ClN2O2. The lowest BCUT2D eigenvalue weighted by atomic mass is 10.1. The highest BCUT2D eigenvalue weighted by atomic mass is 35.5. The van der Waals surface area contributed by atoms with Crippen LogP contribution in [0.5, 0.6) is 0 Å². The molecule has 0 bridgehead atoms. The van der Waals surface area contributed by atoms with E-state index < -0.39 is 0 Å². The highest BCUT2D eigenvalue weighted by Crippen LogP contribution is 2.24. The number of benzene rings is 1. The number of carbonyl (C=O) groups is 1. The number of amides is 1. The van der Waals surface area contributed by atoms with E-state index in [2.05, 4.69) is 24.4 Å². The number of furan rings is 1. The molecule has 0 spiro atoms. The Hall–Kier alpha value is -1.78. The SMILES string of the molecule is CCc1ccc(-c2ccc(C(=O)N(C)C3CCNC3)o2)cc1.Cl. The van der Waals surface area contributed by atoms with Crippen molar-refractivity contribution in [2.75, 3.05) is 20.1 Å². The lowest BCUT2D eigenvalue weighted by molar-refractivity contribution is 0.0712. The fourth-order valence-electron chi connectivity index (χ4n) is 2.82. The predicted molar refractivity (Wildman–Crippen MR) is 94.1 cm³/mol. The van der Waals surface area contributed by atoms with E-state index in [0.29, 0.717) is 5.76 Å². The van der Waals surface area contributed by atoms with Crippen LogP contribution in [0.2, 0.25) is 0 Å². The van der Waals surface area contributed by atoms with Crippen LogP contribution in [0.25, 0.3) is 11.3 Å². The maximum Gasteiger partial charge on any atom is 0.289 e. The zero-order chi connectivity index (χ0) is 15.5. The smallest absolute Gasteiger partial charge is 0.289 e. The zero-order valence-corrected chi connectivity index (χ0v) is 14.4. The molecule has 1 N–H and O–H groups in total. The average Bonchev–Trinajstić information content (AvgIpc) is 3.25. The molecule has 0 aliphatic carbocycles. The van der Waals surface area contributed by atoms with Gasteiger partial charge in [-0.2, -0.15) is 0 Å². The third-order valence-electron chi connectivity index (χ3n) is 4.37. The molecule has 23 heavy (non-hydrogen) atoms. The number of rotatable bonds is 4. The van der Waals surface area contributed by atoms with Gasteiger partial charge in [0.1, 0.15) is 5.76 Å². The van der Waals surface area contributed by atoms with Gasteiger partial charge in [-0.25, -0.2) is 0 Å². The van der Waals surface area contributed by atoms with Crippen molar-refractivity contribution >= 4 is 18.3 Å². The first-order chi connectivity index (χ1) is 10.7. The van der Waals surface area contributed by atoms with Gasteiger partial charge in [0.15, 0.2) is 5.76 Å². The normalized spacial score (nSPS) is 16.9. The standard InChI is InChI=1S/C18H22N2O2.ClH/c1-3-13-4-6-14(7-5-13)16-8-9-17(22-16)18(21)20(2)15-10-11-19-12-15;/h4-9,15,19H,3,10-12H2,1-2H3;1H. The van der Waals surface area contributed by atoms with Gasteiger partial charge in [-0.3, -0.25) is 4.79 Å². The van der Waals surface area contributed by atoms with Crippen molar-refractivity contribution in [3.8, 4) is 11.3 Å². The molecule has 1 aromatic heterocycles. The fraction of sp³-hybridized carbons (Fsp3) is 0.389. The number of aryl methyl sites for hydroxylation is 1. The topological polar surface area (TPSA) is 45.5 Å². The van der Waals surface area contributed by atoms with Crippen LogP contribution in [-0.2, 0) is 6.42 Å². The molecule has 1 amide bonds. The highest BCUT2D eigenvalue weighted by Gasteiger charge is 2.25. The van der Waals surface area contributed by atoms with Crippen LogP contribution < -0.4 is 5.32 Å². The quantitative estimate of drug-likeness (QED) is 0.932. The second-order valence-electron chi connectivity index (χ2n) is 5.78. The van der Waals surface area contributed by atoms with E-state index in [1.54, 1.807) is 11.0 Å². The Labute approximate surface area is 143 Å². The molecular weight excluding hydrogens is 312 g/mol. The number of hydrogen-bond donors (Lipinski definition) is 1. The third-order valence-corrected chi connectivity index (χ3v) is 4.37. The minimum Gasteiger partial charge on any atom is -0.451 e. The van der Waals surface area contributed by atoms with Crippen molar-refractivity contribution in [3.63, 3.8) is 0 Å². The Bertz CT molecular complexity index is 645. The van der Waals surface area contributed by atoms with Crippen LogP contribution in [0, 0.1) is 0 Å². The van der Waals surface area contributed by atoms with Crippen LogP contribution in [0.4, 0.5) is 0 Å². The monoisotopic (exact) mass is 334 g/mol. The second-order valence-corrected chi connectivity index (χ2v) is 5.78. The first-order valence-electron chi connectivity index (χ1n) is 7.86. The Morgan fingerprint density at radius 3 is 2.61 bits per heavy atom. The number of likely N-dealkylation sites (N-methyl/N-ethyl adjacent to an activating group) is 1. The lowest BCUT2D eigenvalue weighted by Gasteiger charge is -2.22. The Morgan fingerprint density at radius 2 is 2.00 bits per heavy atom. The molecule has 4 nitrogen and oxygen atoms in total. The van der Waals surface area contributed by atoms with E-state index in [4.69, 9.17) is 4.42 Å². The molecule has 1 fully saturated rings. The molecule has 1 unspecified atom stereocenters. The van der Waals surface area contributed by atoms with E-state index in [1.807, 2.05) is 25.2 Å². The van der Waals surface area contributed by atoms with Crippen LogP contribution in [-0.4, -0.2) is 37.0 Å². The first-order valence-corrected chi connectivity index (χ1v) is 7.86. The van der Waals surface area contributed by atoms with Crippen molar-refractivity contribution in [1.82, 2.24) is 10.2 Å². The van der Waals surface area contributed by atoms with E-state index >= 15 is 0 Å². The van der Waals surface area contributed by atoms with Crippen molar-refractivity contribution in [3.05, 3.63) is 47.7 Å². The van der Waals surface area contributed by atoms with Gasteiger partial charge < -0.3 is 14.6 Å². The molecule has 2 heterocycles. The van der Waals surface area contributed by atoms with Crippen LogP contribution in [0.1, 0.15) is 29.5 Å². The summed E-state index contributed by atoms with van der Waals surface area (Å²) in [7, 11) is 1.85. The molecule has 1 aliphatic rings. The Morgan fingerprint density at radius 1 is 1.26 bits per heavy atom. The minimum absolute atomic E-state index is 0. The largest absolute Gasteiger partial charge is 0.451 e. The summed E-state index contributed by atoms with van der Waals surface area (Å²) in [4.78, 5) is 14.3. The molecule has 0 saturated carbocycles. The predicted octanol–water partition coefficient (Wildman–Crippen LogP) is 3.36. The summed E-state index contributed by atoms with van der Waals surface area (Å²) in [5, 5.41) is 3.28. The Balaban J connectivity index is 0.00000192. The van der Waals surface area contributed by atoms with Gasteiger partial charge in [-0.1, -0.05) is 31.2 Å². The second kappa shape index (κ2) is 7.66. The van der Waals surface area contributed by atoms with Gasteiger partial charge in [0.05, 0.1) is 0 Å². The number of carbonyl (C=O) groups excluding carboxylic acids is 1. The van der Waals surface area contributed by atoms with E-state index in [1.165, 1.54) is 5.56 Å². The summed E-state index contributed by atoms with van der Waals surface area (Å²) in [5.74, 6) is 1.10. The molecule has 1 aliphatic heterocycles. The average molecular weight is 335 g/mol. The van der Waals surface area contributed by atoms with Gasteiger partial charge in [0, 0.05) is 25.2 Å². The molecule has 5 heteroatoms. The van der Waals surface area contributed by atoms with Crippen LogP contribution in [0.15, 0.2) is 40.8 Å². The van der Waals surface area contributed by atoms with Crippen molar-refractivity contribution in [2.24, 2.45) is 0 Å². The van der Waals surface area contributed by atoms with Gasteiger partial charge in [-0.05, 0) is 37.1 Å². The van der Waals surface area contributed by atoms with Gasteiger partial charge in [0.2, 0.25) is 0 Å². The lowest BCUT2D eigenvalue weighted by Crippen LogP contribution is -2.38. The molecule has 124 valence electrons. The number of halogens is 1. The number of nitrogens with one attached hydrogen (secondary N) is 1. The summed E-state index contributed by atoms with van der Waals surface area (Å²) in [6, 6.07) is 12.2. The maximum atomic E-state index is 12.5. The fourth-order valence-corrected chi connectivity index (χ4v) is 2.82. The van der Waals surface area contributed by atoms with Gasteiger partial charge >= 0.3 is 0 Å². The maximum absolute atomic E-state index is 12.5. The summed E-state index contributed by atoms with van der Waals surface area (Å²) in [6.45, 7) is 3.95. The molecule has 1 atom stereocenters. The van der Waals surface area contributed by atoms with E-state index in [0.717, 1.165) is 37.3 Å².